The molecule has 2 aromatic carbocycles. The smallest absolute Gasteiger partial charge is 0.251 e. The lowest BCUT2D eigenvalue weighted by Gasteiger charge is -2.18. The van der Waals surface area contributed by atoms with Crippen LogP contribution in [0.3, 0.4) is 0 Å². The maximum absolute atomic E-state index is 12.5. The monoisotopic (exact) mass is 414 g/mol. The number of rotatable bonds is 8. The Morgan fingerprint density at radius 3 is 2.24 bits per heavy atom. The Morgan fingerprint density at radius 1 is 1.03 bits per heavy atom. The summed E-state index contributed by atoms with van der Waals surface area (Å²) < 4.78 is 31.5. The van der Waals surface area contributed by atoms with Crippen molar-refractivity contribution in [2.24, 2.45) is 0 Å². The number of nitrogens with zero attached hydrogens (tertiary/aromatic N) is 3. The normalized spacial score (nSPS) is 11.6. The maximum atomic E-state index is 12.5. The molecule has 1 heterocycles. The van der Waals surface area contributed by atoms with E-state index in [0.29, 0.717) is 24.5 Å². The molecule has 3 rings (SSSR count). The van der Waals surface area contributed by atoms with Crippen molar-refractivity contribution in [1.29, 1.82) is 0 Å². The van der Waals surface area contributed by atoms with Crippen LogP contribution in [0, 0.1) is 0 Å². The minimum Gasteiger partial charge on any atom is -0.423 e. The highest BCUT2D eigenvalue weighted by Crippen LogP contribution is 2.18. The van der Waals surface area contributed by atoms with Crippen molar-refractivity contribution >= 4 is 15.9 Å². The molecule has 0 bridgehead atoms. The molecule has 1 amide bonds. The lowest BCUT2D eigenvalue weighted by molar-refractivity contribution is 0.0951. The van der Waals surface area contributed by atoms with Gasteiger partial charge in [0.2, 0.25) is 22.3 Å². The zero-order valence-electron chi connectivity index (χ0n) is 16.2. The fourth-order valence-corrected chi connectivity index (χ4v) is 4.30. The van der Waals surface area contributed by atoms with E-state index < -0.39 is 10.0 Å². The quantitative estimate of drug-likeness (QED) is 0.608. The van der Waals surface area contributed by atoms with Gasteiger partial charge in [-0.15, -0.1) is 10.2 Å². The Labute approximate surface area is 169 Å². The molecule has 3 aromatic rings. The molecular weight excluding hydrogens is 392 g/mol. The molecule has 1 aromatic heterocycles. The third-order valence-electron chi connectivity index (χ3n) is 4.47. The van der Waals surface area contributed by atoms with Crippen molar-refractivity contribution in [2.45, 2.75) is 25.3 Å². The number of nitrogens with one attached hydrogen (secondary N) is 1. The van der Waals surface area contributed by atoms with E-state index in [4.69, 9.17) is 4.42 Å². The van der Waals surface area contributed by atoms with Crippen LogP contribution >= 0.6 is 0 Å². The highest BCUT2D eigenvalue weighted by molar-refractivity contribution is 7.89. The molecule has 0 aliphatic heterocycles. The van der Waals surface area contributed by atoms with Crippen LogP contribution in [0.5, 0.6) is 0 Å². The van der Waals surface area contributed by atoms with Crippen molar-refractivity contribution in [3.05, 3.63) is 66.1 Å². The van der Waals surface area contributed by atoms with Gasteiger partial charge in [-0.1, -0.05) is 26.0 Å². The molecule has 0 radical (unpaired) electrons. The molecule has 0 fully saturated rings. The van der Waals surface area contributed by atoms with E-state index in [0.717, 1.165) is 11.1 Å². The van der Waals surface area contributed by atoms with Crippen molar-refractivity contribution in [1.82, 2.24) is 19.8 Å². The minimum absolute atomic E-state index is 0.234. The molecule has 0 saturated heterocycles. The van der Waals surface area contributed by atoms with Crippen molar-refractivity contribution in [3.8, 4) is 11.5 Å². The summed E-state index contributed by atoms with van der Waals surface area (Å²) in [6.45, 7) is 4.73. The van der Waals surface area contributed by atoms with E-state index in [1.807, 2.05) is 0 Å². The van der Waals surface area contributed by atoms with Gasteiger partial charge in [0.1, 0.15) is 0 Å². The molecule has 8 nitrogen and oxygen atoms in total. The Kier molecular flexibility index (Phi) is 6.40. The van der Waals surface area contributed by atoms with Gasteiger partial charge >= 0.3 is 0 Å². The summed E-state index contributed by atoms with van der Waals surface area (Å²) in [4.78, 5) is 12.6. The second-order valence-electron chi connectivity index (χ2n) is 6.24. The third kappa shape index (κ3) is 4.69. The number of hydrogen-bond donors (Lipinski definition) is 1. The summed E-state index contributed by atoms with van der Waals surface area (Å²) in [5.41, 5.74) is 2.03. The standard InChI is InChI=1S/C20H22N4O4S/c1-3-24(4-2)29(26,27)18-11-5-15(6-12-18)13-21-19(25)16-7-9-17(10-8-16)20-23-22-14-28-20/h5-12,14H,3-4,13H2,1-2H3,(H,21,25). The van der Waals surface area contributed by atoms with Crippen molar-refractivity contribution in [3.63, 3.8) is 0 Å². The number of sulfonamides is 1. The van der Waals surface area contributed by atoms with Gasteiger partial charge in [0.15, 0.2) is 0 Å². The molecule has 0 aliphatic carbocycles. The molecule has 0 unspecified atom stereocenters. The van der Waals surface area contributed by atoms with E-state index in [1.165, 1.54) is 10.7 Å². The number of carbonyl (C=O) groups is 1. The number of aromatic nitrogens is 2. The van der Waals surface area contributed by atoms with E-state index >= 15 is 0 Å². The highest BCUT2D eigenvalue weighted by atomic mass is 32.2. The highest BCUT2D eigenvalue weighted by Gasteiger charge is 2.21. The van der Waals surface area contributed by atoms with Crippen LogP contribution in [0.15, 0.2) is 64.2 Å². The summed E-state index contributed by atoms with van der Waals surface area (Å²) in [5, 5.41) is 10.3. The average Bonchev–Trinajstić information content (AvgIpc) is 3.28. The Bertz CT molecular complexity index is 1040. The van der Waals surface area contributed by atoms with Gasteiger partial charge in [0.25, 0.3) is 5.91 Å². The molecule has 1 N–H and O–H groups in total. The van der Waals surface area contributed by atoms with Crippen molar-refractivity contribution in [2.75, 3.05) is 13.1 Å². The van der Waals surface area contributed by atoms with Gasteiger partial charge in [-0.2, -0.15) is 4.31 Å². The average molecular weight is 414 g/mol. The largest absolute Gasteiger partial charge is 0.423 e. The summed E-state index contributed by atoms with van der Waals surface area (Å²) in [7, 11) is -3.49. The summed E-state index contributed by atoms with van der Waals surface area (Å²) in [5.74, 6) is 0.152. The van der Waals surface area contributed by atoms with E-state index in [9.17, 15) is 13.2 Å². The van der Waals surface area contributed by atoms with Gasteiger partial charge < -0.3 is 9.73 Å². The maximum Gasteiger partial charge on any atom is 0.251 e. The summed E-state index contributed by atoms with van der Waals surface area (Å²) >= 11 is 0. The second kappa shape index (κ2) is 8.97. The Hall–Kier alpha value is -3.04. The van der Waals surface area contributed by atoms with Gasteiger partial charge in [-0.3, -0.25) is 4.79 Å². The number of hydrogen-bond acceptors (Lipinski definition) is 6. The summed E-state index contributed by atoms with van der Waals surface area (Å²) in [6, 6.07) is 13.3. The fourth-order valence-electron chi connectivity index (χ4n) is 2.84. The van der Waals surface area contributed by atoms with Gasteiger partial charge in [0, 0.05) is 30.8 Å². The lowest BCUT2D eigenvalue weighted by atomic mass is 10.1. The number of benzene rings is 2. The van der Waals surface area contributed by atoms with Crippen LogP contribution in [-0.2, 0) is 16.6 Å². The van der Waals surface area contributed by atoms with Crippen LogP contribution in [0.2, 0.25) is 0 Å². The van der Waals surface area contributed by atoms with E-state index in [2.05, 4.69) is 15.5 Å². The molecule has 9 heteroatoms. The SMILES string of the molecule is CCN(CC)S(=O)(=O)c1ccc(CNC(=O)c2ccc(-c3nnco3)cc2)cc1. The molecule has 0 saturated carbocycles. The molecule has 0 spiro atoms. The molecule has 29 heavy (non-hydrogen) atoms. The zero-order chi connectivity index (χ0) is 20.9. The minimum atomic E-state index is -3.49. The van der Waals surface area contributed by atoms with Crippen LogP contribution in [0.1, 0.15) is 29.8 Å². The Balaban J connectivity index is 1.62. The first-order valence-corrected chi connectivity index (χ1v) is 10.6. The zero-order valence-corrected chi connectivity index (χ0v) is 17.0. The first-order valence-electron chi connectivity index (χ1n) is 9.19. The molecule has 0 atom stereocenters. The first-order chi connectivity index (χ1) is 14.0. The third-order valence-corrected chi connectivity index (χ3v) is 6.54. The predicted octanol–water partition coefficient (Wildman–Crippen LogP) is 2.70. The van der Waals surface area contributed by atoms with Gasteiger partial charge in [-0.05, 0) is 42.0 Å². The van der Waals surface area contributed by atoms with Crippen molar-refractivity contribution < 1.29 is 17.6 Å². The summed E-state index contributed by atoms with van der Waals surface area (Å²) in [6.07, 6.45) is 1.24. The molecular formula is C20H22N4O4S. The number of amides is 1. The van der Waals surface area contributed by atoms with Gasteiger partial charge in [-0.25, -0.2) is 8.42 Å². The Morgan fingerprint density at radius 2 is 1.69 bits per heavy atom. The van der Waals surface area contributed by atoms with Crippen LogP contribution in [-0.4, -0.2) is 41.9 Å². The fraction of sp³-hybridized carbons (Fsp3) is 0.250. The van der Waals surface area contributed by atoms with Crippen LogP contribution < -0.4 is 5.32 Å². The van der Waals surface area contributed by atoms with Crippen LogP contribution in [0.25, 0.3) is 11.5 Å². The van der Waals surface area contributed by atoms with Crippen LogP contribution in [0.4, 0.5) is 0 Å². The lowest BCUT2D eigenvalue weighted by Crippen LogP contribution is -2.30. The van der Waals surface area contributed by atoms with Gasteiger partial charge in [0.05, 0.1) is 4.90 Å². The molecule has 0 aliphatic rings. The molecule has 152 valence electrons. The topological polar surface area (TPSA) is 105 Å². The predicted molar refractivity (Wildman–Crippen MR) is 107 cm³/mol. The van der Waals surface area contributed by atoms with E-state index in [-0.39, 0.29) is 17.3 Å². The first kappa shape index (κ1) is 20.7. The number of carbonyl (C=O) groups excluding carboxylic acids is 1. The second-order valence-corrected chi connectivity index (χ2v) is 8.18. The van der Waals surface area contributed by atoms with E-state index in [1.54, 1.807) is 62.4 Å².